The van der Waals surface area contributed by atoms with Crippen LogP contribution in [0.15, 0.2) is 41.6 Å². The number of carbonyl (C=O) groups is 1. The Morgan fingerprint density at radius 3 is 2.50 bits per heavy atom. The number of nitrogens with one attached hydrogen (secondary N) is 1. The van der Waals surface area contributed by atoms with Crippen LogP contribution in [0.5, 0.6) is 0 Å². The van der Waals surface area contributed by atoms with E-state index >= 15 is 0 Å². The SMILES string of the molecule is CCOC(=O)c1ccc(NS(=O)(=O)c2cnn(CC)c2)cc1. The molecule has 0 saturated carbocycles. The molecular weight excluding hydrogens is 306 g/mol. The summed E-state index contributed by atoms with van der Waals surface area (Å²) in [6.45, 7) is 4.46. The van der Waals surface area contributed by atoms with Crippen molar-refractivity contribution < 1.29 is 17.9 Å². The first-order chi connectivity index (χ1) is 10.5. The first kappa shape index (κ1) is 16.0. The average Bonchev–Trinajstić information content (AvgIpc) is 2.98. The average molecular weight is 323 g/mol. The molecule has 1 heterocycles. The number of hydrogen-bond acceptors (Lipinski definition) is 5. The normalized spacial score (nSPS) is 11.2. The zero-order valence-corrected chi connectivity index (χ0v) is 13.1. The molecule has 2 aromatic rings. The number of esters is 1. The Bertz CT molecular complexity index is 751. The Kier molecular flexibility index (Phi) is 4.81. The van der Waals surface area contributed by atoms with Crippen molar-refractivity contribution in [2.24, 2.45) is 0 Å². The van der Waals surface area contributed by atoms with Crippen LogP contribution in [0.3, 0.4) is 0 Å². The quantitative estimate of drug-likeness (QED) is 0.820. The fourth-order valence-electron chi connectivity index (χ4n) is 1.76. The van der Waals surface area contributed by atoms with Crippen molar-refractivity contribution >= 4 is 21.7 Å². The van der Waals surface area contributed by atoms with Crippen LogP contribution in [0.4, 0.5) is 5.69 Å². The lowest BCUT2D eigenvalue weighted by molar-refractivity contribution is 0.0526. The van der Waals surface area contributed by atoms with Crippen molar-refractivity contribution in [3.8, 4) is 0 Å². The topological polar surface area (TPSA) is 90.3 Å². The highest BCUT2D eigenvalue weighted by Crippen LogP contribution is 2.16. The molecule has 1 aromatic carbocycles. The smallest absolute Gasteiger partial charge is 0.338 e. The summed E-state index contributed by atoms with van der Waals surface area (Å²) >= 11 is 0. The van der Waals surface area contributed by atoms with Gasteiger partial charge in [0.1, 0.15) is 4.90 Å². The fourth-order valence-corrected chi connectivity index (χ4v) is 2.77. The lowest BCUT2D eigenvalue weighted by atomic mass is 10.2. The van der Waals surface area contributed by atoms with Gasteiger partial charge in [-0.15, -0.1) is 0 Å². The van der Waals surface area contributed by atoms with E-state index in [0.29, 0.717) is 17.8 Å². The van der Waals surface area contributed by atoms with E-state index in [1.165, 1.54) is 41.3 Å². The minimum absolute atomic E-state index is 0.0869. The molecule has 0 atom stereocenters. The summed E-state index contributed by atoms with van der Waals surface area (Å²) in [5.74, 6) is -0.443. The van der Waals surface area contributed by atoms with Gasteiger partial charge >= 0.3 is 5.97 Å². The number of hydrogen-bond donors (Lipinski definition) is 1. The maximum Gasteiger partial charge on any atom is 0.338 e. The molecule has 0 fully saturated rings. The summed E-state index contributed by atoms with van der Waals surface area (Å²) in [4.78, 5) is 11.6. The highest BCUT2D eigenvalue weighted by Gasteiger charge is 2.16. The number of anilines is 1. The summed E-state index contributed by atoms with van der Waals surface area (Å²) in [5, 5.41) is 3.94. The standard InChI is InChI=1S/C14H17N3O4S/c1-3-17-10-13(9-15-17)22(19,20)16-12-7-5-11(6-8-12)14(18)21-4-2/h5-10,16H,3-4H2,1-2H3. The van der Waals surface area contributed by atoms with E-state index < -0.39 is 16.0 Å². The Hall–Kier alpha value is -2.35. The van der Waals surface area contributed by atoms with Gasteiger partial charge in [0.25, 0.3) is 10.0 Å². The number of nitrogens with zero attached hydrogens (tertiary/aromatic N) is 2. The second-order valence-electron chi connectivity index (χ2n) is 4.44. The van der Waals surface area contributed by atoms with Gasteiger partial charge in [-0.25, -0.2) is 13.2 Å². The van der Waals surface area contributed by atoms with Gasteiger partial charge in [0, 0.05) is 18.4 Å². The van der Waals surface area contributed by atoms with Crippen LogP contribution < -0.4 is 4.72 Å². The number of aromatic nitrogens is 2. The molecule has 2 rings (SSSR count). The maximum atomic E-state index is 12.2. The number of ether oxygens (including phenoxy) is 1. The third-order valence-electron chi connectivity index (χ3n) is 2.89. The first-order valence-corrected chi connectivity index (χ1v) is 8.27. The predicted molar refractivity (Wildman–Crippen MR) is 81.1 cm³/mol. The number of aryl methyl sites for hydroxylation is 1. The number of rotatable bonds is 6. The van der Waals surface area contributed by atoms with Crippen LogP contribution in [0.25, 0.3) is 0 Å². The van der Waals surface area contributed by atoms with Crippen molar-refractivity contribution in [2.75, 3.05) is 11.3 Å². The molecule has 0 amide bonds. The van der Waals surface area contributed by atoms with E-state index in [2.05, 4.69) is 9.82 Å². The Balaban J connectivity index is 2.14. The molecule has 0 radical (unpaired) electrons. The molecule has 7 nitrogen and oxygen atoms in total. The van der Waals surface area contributed by atoms with Gasteiger partial charge in [0.15, 0.2) is 0 Å². The van der Waals surface area contributed by atoms with Crippen LogP contribution in [-0.2, 0) is 21.3 Å². The van der Waals surface area contributed by atoms with Crippen LogP contribution in [0.1, 0.15) is 24.2 Å². The molecule has 0 unspecified atom stereocenters. The molecule has 0 aliphatic carbocycles. The van der Waals surface area contributed by atoms with E-state index in [0.717, 1.165) is 0 Å². The summed E-state index contributed by atoms with van der Waals surface area (Å²) in [6, 6.07) is 6.03. The highest BCUT2D eigenvalue weighted by atomic mass is 32.2. The molecule has 1 aromatic heterocycles. The minimum Gasteiger partial charge on any atom is -0.462 e. The lowest BCUT2D eigenvalue weighted by Crippen LogP contribution is -2.12. The van der Waals surface area contributed by atoms with Gasteiger partial charge in [-0.3, -0.25) is 9.40 Å². The fraction of sp³-hybridized carbons (Fsp3) is 0.286. The zero-order valence-electron chi connectivity index (χ0n) is 12.3. The van der Waals surface area contributed by atoms with E-state index in [1.807, 2.05) is 6.92 Å². The van der Waals surface area contributed by atoms with Crippen LogP contribution >= 0.6 is 0 Å². The van der Waals surface area contributed by atoms with Gasteiger partial charge in [-0.1, -0.05) is 0 Å². The van der Waals surface area contributed by atoms with Gasteiger partial charge in [0.05, 0.1) is 18.4 Å². The van der Waals surface area contributed by atoms with Gasteiger partial charge in [0.2, 0.25) is 0 Å². The van der Waals surface area contributed by atoms with Crippen molar-refractivity contribution in [2.45, 2.75) is 25.3 Å². The molecule has 22 heavy (non-hydrogen) atoms. The first-order valence-electron chi connectivity index (χ1n) is 6.78. The molecule has 8 heteroatoms. The van der Waals surface area contributed by atoms with Crippen molar-refractivity contribution in [3.05, 3.63) is 42.2 Å². The molecule has 0 saturated heterocycles. The van der Waals surface area contributed by atoms with E-state index in [9.17, 15) is 13.2 Å². The molecule has 0 bridgehead atoms. The highest BCUT2D eigenvalue weighted by molar-refractivity contribution is 7.92. The Morgan fingerprint density at radius 2 is 1.95 bits per heavy atom. The Labute approximate surface area is 129 Å². The summed E-state index contributed by atoms with van der Waals surface area (Å²) in [6.07, 6.45) is 2.74. The van der Waals surface area contributed by atoms with Crippen LogP contribution in [0.2, 0.25) is 0 Å². The van der Waals surface area contributed by atoms with Crippen LogP contribution in [-0.4, -0.2) is 30.8 Å². The maximum absolute atomic E-state index is 12.2. The number of carbonyl (C=O) groups excluding carboxylic acids is 1. The second-order valence-corrected chi connectivity index (χ2v) is 6.12. The largest absolute Gasteiger partial charge is 0.462 e. The summed E-state index contributed by atoms with van der Waals surface area (Å²) in [7, 11) is -3.70. The molecule has 118 valence electrons. The summed E-state index contributed by atoms with van der Waals surface area (Å²) < 4.78 is 33.2. The lowest BCUT2D eigenvalue weighted by Gasteiger charge is -2.07. The molecule has 1 N–H and O–H groups in total. The minimum atomic E-state index is -3.70. The second kappa shape index (κ2) is 6.61. The van der Waals surface area contributed by atoms with E-state index in [4.69, 9.17) is 4.74 Å². The van der Waals surface area contributed by atoms with Crippen LogP contribution in [0, 0.1) is 0 Å². The van der Waals surface area contributed by atoms with Gasteiger partial charge < -0.3 is 4.74 Å². The predicted octanol–water partition coefficient (Wildman–Crippen LogP) is 1.88. The number of sulfonamides is 1. The van der Waals surface area contributed by atoms with Crippen molar-refractivity contribution in [1.29, 1.82) is 0 Å². The van der Waals surface area contributed by atoms with Crippen molar-refractivity contribution in [3.63, 3.8) is 0 Å². The van der Waals surface area contributed by atoms with Gasteiger partial charge in [-0.2, -0.15) is 5.10 Å². The number of benzene rings is 1. The van der Waals surface area contributed by atoms with E-state index in [-0.39, 0.29) is 11.5 Å². The molecule has 0 spiro atoms. The summed E-state index contributed by atoms with van der Waals surface area (Å²) in [5.41, 5.74) is 0.723. The third-order valence-corrected chi connectivity index (χ3v) is 4.23. The molecule has 0 aliphatic heterocycles. The third kappa shape index (κ3) is 3.64. The monoisotopic (exact) mass is 323 g/mol. The van der Waals surface area contributed by atoms with Gasteiger partial charge in [-0.05, 0) is 38.1 Å². The zero-order chi connectivity index (χ0) is 16.2. The van der Waals surface area contributed by atoms with E-state index in [1.54, 1.807) is 6.92 Å². The molecular formula is C14H17N3O4S. The molecule has 0 aliphatic rings. The Morgan fingerprint density at radius 1 is 1.27 bits per heavy atom. The van der Waals surface area contributed by atoms with Crippen molar-refractivity contribution in [1.82, 2.24) is 9.78 Å².